The first kappa shape index (κ1) is 17.0. The molecule has 0 atom stereocenters. The largest absolute Gasteiger partial charge is 0.378 e. The van der Waals surface area contributed by atoms with Crippen molar-refractivity contribution in [3.05, 3.63) is 47.0 Å². The van der Waals surface area contributed by atoms with Gasteiger partial charge in [-0.2, -0.15) is 0 Å². The van der Waals surface area contributed by atoms with Gasteiger partial charge < -0.3 is 4.90 Å². The molecule has 0 bridgehead atoms. The van der Waals surface area contributed by atoms with Crippen molar-refractivity contribution < 1.29 is 0 Å². The molecule has 0 aliphatic carbocycles. The topological polar surface area (TPSA) is 15.6 Å². The van der Waals surface area contributed by atoms with Crippen molar-refractivity contribution in [2.45, 2.75) is 38.8 Å². The lowest BCUT2D eigenvalue weighted by molar-refractivity contribution is 0.923. The van der Waals surface area contributed by atoms with Gasteiger partial charge >= 0.3 is 0 Å². The lowest BCUT2D eigenvalue weighted by Gasteiger charge is -2.43. The molecule has 24 heavy (non-hydrogen) atoms. The second kappa shape index (κ2) is 5.89. The minimum atomic E-state index is -1.95. The Balaban J connectivity index is 2.47. The summed E-state index contributed by atoms with van der Waals surface area (Å²) in [6, 6.07) is 13.3. The highest BCUT2D eigenvalue weighted by Gasteiger charge is 2.47. The normalized spacial score (nSPS) is 15.0. The summed E-state index contributed by atoms with van der Waals surface area (Å²) < 4.78 is 0. The van der Waals surface area contributed by atoms with Gasteiger partial charge in [-0.15, -0.1) is 0 Å². The highest BCUT2D eigenvalue weighted by molar-refractivity contribution is 7.05. The fourth-order valence-electron chi connectivity index (χ4n) is 4.43. The third-order valence-corrected chi connectivity index (χ3v) is 11.7. The molecule has 2 aromatic rings. The lowest BCUT2D eigenvalue weighted by atomic mass is 10.2. The van der Waals surface area contributed by atoms with Crippen LogP contribution in [0.2, 0.25) is 11.1 Å². The first-order chi connectivity index (χ1) is 11.3. The first-order valence-electron chi connectivity index (χ1n) is 8.78. The second-order valence-corrected chi connectivity index (χ2v) is 12.9. The quantitative estimate of drug-likeness (QED) is 0.787. The van der Waals surface area contributed by atoms with Gasteiger partial charge in [-0.3, -0.25) is 0 Å². The summed E-state index contributed by atoms with van der Waals surface area (Å²) in [7, 11) is 2.27. The van der Waals surface area contributed by atoms with Crippen LogP contribution in [0.5, 0.6) is 0 Å². The van der Waals surface area contributed by atoms with E-state index in [0.717, 1.165) is 10.6 Å². The summed E-state index contributed by atoms with van der Waals surface area (Å²) in [5, 5.41) is 5.19. The highest BCUT2D eigenvalue weighted by Crippen LogP contribution is 2.36. The molecule has 1 aliphatic heterocycles. The molecule has 1 aliphatic rings. The fourth-order valence-corrected chi connectivity index (χ4v) is 10.5. The number of benzene rings is 2. The molecule has 0 saturated heterocycles. The van der Waals surface area contributed by atoms with Crippen LogP contribution in [-0.4, -0.2) is 22.2 Å². The summed E-state index contributed by atoms with van der Waals surface area (Å²) in [6.45, 7) is 13.8. The standard InChI is InChI=1S/C21H28N2Si/c1-14(2)24(15(3)4)20-12-16(5)8-10-18(20)22-19-11-9-17(23(6)7)13-21(19)24/h8-15H,5H2,1-4,6-7H3. The van der Waals surface area contributed by atoms with E-state index in [4.69, 9.17) is 4.99 Å². The molecular weight excluding hydrogens is 308 g/mol. The van der Waals surface area contributed by atoms with E-state index in [-0.39, 0.29) is 0 Å². The predicted octanol–water partition coefficient (Wildman–Crippen LogP) is 2.81. The van der Waals surface area contributed by atoms with Crippen molar-refractivity contribution in [1.29, 1.82) is 0 Å². The van der Waals surface area contributed by atoms with E-state index in [1.807, 2.05) is 0 Å². The maximum atomic E-state index is 5.00. The van der Waals surface area contributed by atoms with Crippen LogP contribution in [0.4, 0.5) is 11.4 Å². The molecule has 0 aromatic heterocycles. The van der Waals surface area contributed by atoms with E-state index < -0.39 is 8.07 Å². The summed E-state index contributed by atoms with van der Waals surface area (Å²) >= 11 is 0. The Labute approximate surface area is 146 Å². The molecule has 0 spiro atoms. The highest BCUT2D eigenvalue weighted by atomic mass is 28.3. The molecule has 2 nitrogen and oxygen atoms in total. The molecule has 0 saturated carbocycles. The van der Waals surface area contributed by atoms with Gasteiger partial charge in [-0.25, -0.2) is 4.99 Å². The van der Waals surface area contributed by atoms with Crippen LogP contribution in [0.1, 0.15) is 27.7 Å². The molecular formula is C21H28N2Si. The van der Waals surface area contributed by atoms with Crippen LogP contribution in [0.25, 0.3) is 6.58 Å². The van der Waals surface area contributed by atoms with Crippen molar-refractivity contribution in [2.24, 2.45) is 4.99 Å². The smallest absolute Gasteiger partial charge is 0.128 e. The number of nitrogens with zero attached hydrogens (tertiary/aromatic N) is 2. The van der Waals surface area contributed by atoms with E-state index in [2.05, 4.69) is 89.7 Å². The van der Waals surface area contributed by atoms with Gasteiger partial charge in [0.15, 0.2) is 0 Å². The minimum Gasteiger partial charge on any atom is -0.378 e. The van der Waals surface area contributed by atoms with Crippen LogP contribution in [0, 0.1) is 0 Å². The SMILES string of the molecule is C=c1ccc2c(c1)[Si](C(C)C)(C(C)C)c1cc(N(C)C)ccc1N=2. The summed E-state index contributed by atoms with van der Waals surface area (Å²) in [6.07, 6.45) is 0. The maximum Gasteiger partial charge on any atom is 0.128 e. The molecule has 3 heteroatoms. The molecule has 126 valence electrons. The third-order valence-electron chi connectivity index (χ3n) is 5.51. The van der Waals surface area contributed by atoms with Crippen LogP contribution in [0.3, 0.4) is 0 Å². The summed E-state index contributed by atoms with van der Waals surface area (Å²) in [5.41, 5.74) is 3.63. The van der Waals surface area contributed by atoms with Gasteiger partial charge in [0.2, 0.25) is 0 Å². The van der Waals surface area contributed by atoms with Gasteiger partial charge in [0, 0.05) is 19.8 Å². The fraction of sp³-hybridized carbons (Fsp3) is 0.381. The van der Waals surface area contributed by atoms with E-state index in [1.165, 1.54) is 21.7 Å². The van der Waals surface area contributed by atoms with Crippen LogP contribution in [0.15, 0.2) is 41.4 Å². The number of hydrogen-bond acceptors (Lipinski definition) is 2. The predicted molar refractivity (Wildman–Crippen MR) is 108 cm³/mol. The molecule has 0 unspecified atom stereocenters. The Kier molecular flexibility index (Phi) is 4.16. The molecule has 0 radical (unpaired) electrons. The van der Waals surface area contributed by atoms with E-state index >= 15 is 0 Å². The van der Waals surface area contributed by atoms with Crippen molar-refractivity contribution in [2.75, 3.05) is 19.0 Å². The van der Waals surface area contributed by atoms with Gasteiger partial charge in [0.05, 0.1) is 11.0 Å². The van der Waals surface area contributed by atoms with Crippen LogP contribution in [-0.2, 0) is 0 Å². The number of hydrogen-bond donors (Lipinski definition) is 0. The van der Waals surface area contributed by atoms with Gasteiger partial charge in [0.1, 0.15) is 8.07 Å². The summed E-state index contributed by atoms with van der Waals surface area (Å²) in [5.74, 6) is 0. The van der Waals surface area contributed by atoms with Gasteiger partial charge in [0.25, 0.3) is 0 Å². The second-order valence-electron chi connectivity index (χ2n) is 7.74. The van der Waals surface area contributed by atoms with Gasteiger partial charge in [-0.05, 0) is 50.9 Å². The van der Waals surface area contributed by atoms with E-state index in [9.17, 15) is 0 Å². The third kappa shape index (κ3) is 2.34. The Hall–Kier alpha value is -1.87. The molecule has 0 N–H and O–H groups in total. The monoisotopic (exact) mass is 336 g/mol. The zero-order valence-corrected chi connectivity index (χ0v) is 16.7. The molecule has 3 rings (SSSR count). The average Bonchev–Trinajstić information content (AvgIpc) is 2.51. The Morgan fingerprint density at radius 1 is 0.917 bits per heavy atom. The summed E-state index contributed by atoms with van der Waals surface area (Å²) in [4.78, 5) is 7.19. The Morgan fingerprint density at radius 2 is 1.58 bits per heavy atom. The van der Waals surface area contributed by atoms with Crippen molar-refractivity contribution in [3.8, 4) is 0 Å². The average molecular weight is 337 g/mol. The Morgan fingerprint density at radius 3 is 2.17 bits per heavy atom. The number of anilines is 1. The number of rotatable bonds is 3. The van der Waals surface area contributed by atoms with E-state index in [0.29, 0.717) is 11.1 Å². The van der Waals surface area contributed by atoms with E-state index in [1.54, 1.807) is 0 Å². The van der Waals surface area contributed by atoms with Crippen LogP contribution < -0.4 is 25.8 Å². The van der Waals surface area contributed by atoms with Crippen LogP contribution >= 0.6 is 0 Å². The van der Waals surface area contributed by atoms with Crippen molar-refractivity contribution >= 4 is 36.4 Å². The molecule has 1 heterocycles. The van der Waals surface area contributed by atoms with Crippen molar-refractivity contribution in [1.82, 2.24) is 0 Å². The molecule has 2 aromatic carbocycles. The zero-order valence-electron chi connectivity index (χ0n) is 15.7. The number of fused-ring (bicyclic) bond motifs is 2. The zero-order chi connectivity index (χ0) is 17.6. The molecule has 0 amide bonds. The Bertz CT molecular complexity index is 873. The van der Waals surface area contributed by atoms with Crippen molar-refractivity contribution in [3.63, 3.8) is 0 Å². The maximum absolute atomic E-state index is 5.00. The first-order valence-corrected chi connectivity index (χ1v) is 10.9. The van der Waals surface area contributed by atoms with Gasteiger partial charge in [-0.1, -0.05) is 46.4 Å². The lowest BCUT2D eigenvalue weighted by Crippen LogP contribution is -2.69. The minimum absolute atomic E-state index is 0.602. The molecule has 0 fully saturated rings.